The van der Waals surface area contributed by atoms with Crippen molar-refractivity contribution in [1.29, 1.82) is 0 Å². The van der Waals surface area contributed by atoms with Crippen LogP contribution < -0.4 is 10.6 Å². The number of benzene rings is 3. The third kappa shape index (κ3) is 4.55. The maximum absolute atomic E-state index is 16.5. The fraction of sp³-hybridized carbons (Fsp3) is 0.212. The number of nitrogens with one attached hydrogen (secondary N) is 2. The van der Waals surface area contributed by atoms with Crippen LogP contribution in [0.15, 0.2) is 71.4 Å². The van der Waals surface area contributed by atoms with Crippen molar-refractivity contribution >= 4 is 22.7 Å². The normalized spacial score (nSPS) is 14.0. The first-order chi connectivity index (χ1) is 20.2. The summed E-state index contributed by atoms with van der Waals surface area (Å²) in [6.07, 6.45) is 3.55. The van der Waals surface area contributed by atoms with E-state index in [1.165, 1.54) is 31.3 Å². The van der Waals surface area contributed by atoms with Gasteiger partial charge in [0.15, 0.2) is 5.78 Å². The standard InChI is InChI=1S/C33H28F2N4O3/c1-18-13-19(2)24(25(40)15-33(16-37-17-33)32-38-11-4-12-39-32)14-23(18)22-9-10-26-27(29(22)35)28(31(41)36-3)30(42-26)20-5-7-21(34)8-6-20/h4-14,37H,15-17H2,1-3H3,(H,36,41). The number of aromatic nitrogens is 2. The van der Waals surface area contributed by atoms with Crippen LogP contribution in [0.1, 0.15) is 44.1 Å². The summed E-state index contributed by atoms with van der Waals surface area (Å²) < 4.78 is 36.0. The van der Waals surface area contributed by atoms with Crippen molar-refractivity contribution in [3.8, 4) is 22.5 Å². The number of nitrogens with zero attached hydrogens (tertiary/aromatic N) is 2. The van der Waals surface area contributed by atoms with Gasteiger partial charge in [0.1, 0.15) is 28.8 Å². The summed E-state index contributed by atoms with van der Waals surface area (Å²) in [5, 5.41) is 5.81. The van der Waals surface area contributed by atoms with Gasteiger partial charge in [-0.15, -0.1) is 0 Å². The summed E-state index contributed by atoms with van der Waals surface area (Å²) in [4.78, 5) is 35.6. The number of furan rings is 1. The third-order valence-electron chi connectivity index (χ3n) is 7.98. The van der Waals surface area contributed by atoms with Crippen molar-refractivity contribution < 1.29 is 22.8 Å². The highest BCUT2D eigenvalue weighted by Gasteiger charge is 2.43. The Morgan fingerprint density at radius 1 is 0.976 bits per heavy atom. The van der Waals surface area contributed by atoms with Crippen LogP contribution in [-0.2, 0) is 5.41 Å². The maximum atomic E-state index is 16.5. The summed E-state index contributed by atoms with van der Waals surface area (Å²) >= 11 is 0. The van der Waals surface area contributed by atoms with Crippen molar-refractivity contribution in [2.45, 2.75) is 25.7 Å². The van der Waals surface area contributed by atoms with E-state index in [1.807, 2.05) is 19.9 Å². The minimum atomic E-state index is -0.647. The zero-order chi connectivity index (χ0) is 29.6. The van der Waals surface area contributed by atoms with Gasteiger partial charge >= 0.3 is 0 Å². The van der Waals surface area contributed by atoms with Crippen LogP contribution in [-0.4, -0.2) is 41.8 Å². The Labute approximate surface area is 241 Å². The summed E-state index contributed by atoms with van der Waals surface area (Å²) in [7, 11) is 1.45. The first-order valence-corrected chi connectivity index (χ1v) is 13.6. The molecule has 1 fully saturated rings. The van der Waals surface area contributed by atoms with E-state index in [2.05, 4.69) is 20.6 Å². The van der Waals surface area contributed by atoms with E-state index in [0.717, 1.165) is 11.1 Å². The zero-order valence-electron chi connectivity index (χ0n) is 23.3. The van der Waals surface area contributed by atoms with Gasteiger partial charge in [-0.2, -0.15) is 0 Å². The predicted octanol–water partition coefficient (Wildman–Crippen LogP) is 5.93. The van der Waals surface area contributed by atoms with E-state index in [0.29, 0.717) is 35.6 Å². The number of amides is 1. The summed E-state index contributed by atoms with van der Waals surface area (Å²) in [5.74, 6) is -0.955. The molecule has 0 bridgehead atoms. The molecular weight excluding hydrogens is 538 g/mol. The molecule has 0 radical (unpaired) electrons. The van der Waals surface area contributed by atoms with Crippen molar-refractivity contribution in [3.63, 3.8) is 0 Å². The Morgan fingerprint density at radius 2 is 1.69 bits per heavy atom. The van der Waals surface area contributed by atoms with Gasteiger partial charge in [0, 0.05) is 55.6 Å². The van der Waals surface area contributed by atoms with Crippen LogP contribution in [0.25, 0.3) is 33.4 Å². The number of hydrogen-bond acceptors (Lipinski definition) is 6. The molecule has 1 aliphatic rings. The van der Waals surface area contributed by atoms with E-state index in [1.54, 1.807) is 36.7 Å². The monoisotopic (exact) mass is 566 g/mol. The van der Waals surface area contributed by atoms with Gasteiger partial charge in [0.2, 0.25) is 0 Å². The molecule has 5 aromatic rings. The molecule has 0 unspecified atom stereocenters. The SMILES string of the molecule is CNC(=O)c1c(-c2ccc(F)cc2)oc2ccc(-c3cc(C(=O)CC4(c5ncccn5)CNC4)c(C)cc3C)c(F)c12. The molecule has 42 heavy (non-hydrogen) atoms. The van der Waals surface area contributed by atoms with Crippen LogP contribution in [0.4, 0.5) is 8.78 Å². The second-order valence-electron chi connectivity index (χ2n) is 10.7. The van der Waals surface area contributed by atoms with Crippen LogP contribution in [0.2, 0.25) is 0 Å². The first kappa shape index (κ1) is 27.4. The minimum absolute atomic E-state index is 0.0137. The Morgan fingerprint density at radius 3 is 2.33 bits per heavy atom. The fourth-order valence-corrected chi connectivity index (χ4v) is 5.71. The largest absolute Gasteiger partial charge is 0.455 e. The summed E-state index contributed by atoms with van der Waals surface area (Å²) in [6.45, 7) is 4.90. The molecule has 9 heteroatoms. The van der Waals surface area contributed by atoms with Gasteiger partial charge in [0.05, 0.1) is 16.4 Å². The predicted molar refractivity (Wildman–Crippen MR) is 155 cm³/mol. The van der Waals surface area contributed by atoms with Crippen molar-refractivity contribution in [3.05, 3.63) is 107 Å². The molecule has 7 nitrogen and oxygen atoms in total. The van der Waals surface area contributed by atoms with E-state index in [4.69, 9.17) is 4.42 Å². The van der Waals surface area contributed by atoms with Gasteiger partial charge in [-0.1, -0.05) is 6.07 Å². The molecular formula is C33H28F2N4O3. The number of ketones is 1. The molecule has 0 saturated carbocycles. The number of Topliss-reactive ketones (excluding diaryl/α,β-unsaturated/α-hetero) is 1. The number of carbonyl (C=O) groups excluding carboxylic acids is 2. The molecule has 0 atom stereocenters. The average molecular weight is 567 g/mol. The second-order valence-corrected chi connectivity index (χ2v) is 10.7. The highest BCUT2D eigenvalue weighted by Crippen LogP contribution is 2.40. The van der Waals surface area contributed by atoms with Gasteiger partial charge < -0.3 is 15.1 Å². The van der Waals surface area contributed by atoms with Gasteiger partial charge in [-0.05, 0) is 79.1 Å². The molecule has 0 aliphatic carbocycles. The van der Waals surface area contributed by atoms with Crippen molar-refractivity contribution in [2.24, 2.45) is 0 Å². The third-order valence-corrected chi connectivity index (χ3v) is 7.98. The number of hydrogen-bond donors (Lipinski definition) is 2. The van der Waals surface area contributed by atoms with E-state index >= 15 is 4.39 Å². The molecule has 1 aliphatic heterocycles. The van der Waals surface area contributed by atoms with Gasteiger partial charge in [0.25, 0.3) is 5.91 Å². The first-order valence-electron chi connectivity index (χ1n) is 13.6. The molecule has 2 N–H and O–H groups in total. The van der Waals surface area contributed by atoms with E-state index in [-0.39, 0.29) is 40.1 Å². The molecule has 3 aromatic carbocycles. The highest BCUT2D eigenvalue weighted by molar-refractivity contribution is 6.12. The van der Waals surface area contributed by atoms with E-state index < -0.39 is 23.0 Å². The number of aryl methyl sites for hydroxylation is 2. The number of halogens is 2. The fourth-order valence-electron chi connectivity index (χ4n) is 5.71. The molecule has 3 heterocycles. The Kier molecular flexibility index (Phi) is 6.90. The zero-order valence-corrected chi connectivity index (χ0v) is 23.3. The van der Waals surface area contributed by atoms with Crippen LogP contribution >= 0.6 is 0 Å². The lowest BCUT2D eigenvalue weighted by molar-refractivity contribution is 0.0914. The minimum Gasteiger partial charge on any atom is -0.455 e. The molecule has 2 aromatic heterocycles. The maximum Gasteiger partial charge on any atom is 0.255 e. The lowest BCUT2D eigenvalue weighted by Crippen LogP contribution is -2.58. The van der Waals surface area contributed by atoms with E-state index in [9.17, 15) is 14.0 Å². The molecule has 0 spiro atoms. The van der Waals surface area contributed by atoms with Gasteiger partial charge in [-0.25, -0.2) is 18.7 Å². The summed E-state index contributed by atoms with van der Waals surface area (Å²) in [5.41, 5.74) is 2.94. The van der Waals surface area contributed by atoms with Crippen LogP contribution in [0, 0.1) is 25.5 Å². The highest BCUT2D eigenvalue weighted by atomic mass is 19.1. The average Bonchev–Trinajstić information content (AvgIpc) is 3.36. The number of carbonyl (C=O) groups is 2. The van der Waals surface area contributed by atoms with Gasteiger partial charge in [-0.3, -0.25) is 9.59 Å². The lowest BCUT2D eigenvalue weighted by atomic mass is 9.75. The molecule has 1 amide bonds. The van der Waals surface area contributed by atoms with Crippen molar-refractivity contribution in [1.82, 2.24) is 20.6 Å². The molecule has 6 rings (SSSR count). The van der Waals surface area contributed by atoms with Crippen LogP contribution in [0.3, 0.4) is 0 Å². The smallest absolute Gasteiger partial charge is 0.255 e. The topological polar surface area (TPSA) is 97.1 Å². The second kappa shape index (κ2) is 10.6. The van der Waals surface area contributed by atoms with Crippen LogP contribution in [0.5, 0.6) is 0 Å². The summed E-state index contributed by atoms with van der Waals surface area (Å²) in [6, 6.07) is 14.0. The molecule has 212 valence electrons. The quantitative estimate of drug-likeness (QED) is 0.237. The molecule has 1 saturated heterocycles. The number of fused-ring (bicyclic) bond motifs is 1. The Bertz CT molecular complexity index is 1850. The number of rotatable bonds is 7. The lowest BCUT2D eigenvalue weighted by Gasteiger charge is -2.40. The Balaban J connectivity index is 1.45. The Hall–Kier alpha value is -4.76. The van der Waals surface area contributed by atoms with Crippen molar-refractivity contribution in [2.75, 3.05) is 20.1 Å².